The highest BCUT2D eigenvalue weighted by atomic mass is 79.9. The van der Waals surface area contributed by atoms with Gasteiger partial charge in [0.15, 0.2) is 0 Å². The molecule has 0 atom stereocenters. The van der Waals surface area contributed by atoms with E-state index in [0.29, 0.717) is 5.01 Å². The molecule has 0 aliphatic rings. The van der Waals surface area contributed by atoms with E-state index in [9.17, 15) is 14.9 Å². The number of thiazole rings is 1. The molecule has 0 unspecified atom stereocenters. The molecule has 2 rings (SSSR count). The summed E-state index contributed by atoms with van der Waals surface area (Å²) < 4.78 is 2.02. The molecule has 2 aromatic rings. The minimum atomic E-state index is -0.637. The maximum absolute atomic E-state index is 11.9. The van der Waals surface area contributed by atoms with Crippen LogP contribution in [0.2, 0.25) is 0 Å². The SMILES string of the molecule is Cn1ncc([N+](=O)[O-])c1C(=O)NCc1ncc(Br)s1. The Kier molecular flexibility index (Phi) is 3.90. The second-order valence-corrected chi connectivity index (χ2v) is 5.99. The number of nitrogens with zero attached hydrogens (tertiary/aromatic N) is 4. The van der Waals surface area contributed by atoms with E-state index in [1.54, 1.807) is 6.20 Å². The fourth-order valence-electron chi connectivity index (χ4n) is 1.43. The molecule has 0 spiro atoms. The second-order valence-electron chi connectivity index (χ2n) is 3.50. The molecule has 0 aliphatic carbocycles. The Morgan fingerprint density at radius 2 is 2.37 bits per heavy atom. The maximum atomic E-state index is 11.9. The Hall–Kier alpha value is -1.81. The van der Waals surface area contributed by atoms with Crippen molar-refractivity contribution >= 4 is 38.9 Å². The number of hydrogen-bond donors (Lipinski definition) is 1. The number of carbonyl (C=O) groups is 1. The lowest BCUT2D eigenvalue weighted by molar-refractivity contribution is -0.385. The summed E-state index contributed by atoms with van der Waals surface area (Å²) in [5, 5.41) is 17.8. The van der Waals surface area contributed by atoms with Gasteiger partial charge in [0.25, 0.3) is 5.91 Å². The molecule has 8 nitrogen and oxygen atoms in total. The summed E-state index contributed by atoms with van der Waals surface area (Å²) in [5.74, 6) is -0.557. The summed E-state index contributed by atoms with van der Waals surface area (Å²) in [6, 6.07) is 0. The molecule has 0 saturated heterocycles. The van der Waals surface area contributed by atoms with Crippen molar-refractivity contribution in [1.29, 1.82) is 0 Å². The third kappa shape index (κ3) is 2.96. The number of amides is 1. The average molecular weight is 346 g/mol. The van der Waals surface area contributed by atoms with Crippen LogP contribution in [0.1, 0.15) is 15.5 Å². The van der Waals surface area contributed by atoms with Crippen LogP contribution in [0.4, 0.5) is 5.69 Å². The van der Waals surface area contributed by atoms with Crippen LogP contribution in [0.25, 0.3) is 0 Å². The highest BCUT2D eigenvalue weighted by Gasteiger charge is 2.25. The summed E-state index contributed by atoms with van der Waals surface area (Å²) in [6.07, 6.45) is 2.67. The molecule has 100 valence electrons. The summed E-state index contributed by atoms with van der Waals surface area (Å²) in [5.41, 5.74) is -0.402. The minimum Gasteiger partial charge on any atom is -0.344 e. The Morgan fingerprint density at radius 1 is 1.63 bits per heavy atom. The first-order chi connectivity index (χ1) is 8.99. The zero-order valence-corrected chi connectivity index (χ0v) is 12.1. The molecule has 19 heavy (non-hydrogen) atoms. The molecule has 1 amide bonds. The van der Waals surface area contributed by atoms with Gasteiger partial charge in [-0.25, -0.2) is 4.98 Å². The first kappa shape index (κ1) is 13.6. The third-order valence-corrected chi connectivity index (χ3v) is 3.73. The van der Waals surface area contributed by atoms with Crippen LogP contribution >= 0.6 is 27.3 Å². The predicted molar refractivity (Wildman–Crippen MR) is 70.8 cm³/mol. The van der Waals surface area contributed by atoms with Crippen molar-refractivity contribution in [2.45, 2.75) is 6.54 Å². The van der Waals surface area contributed by atoms with Crippen LogP contribution in [0.3, 0.4) is 0 Å². The topological polar surface area (TPSA) is 103 Å². The van der Waals surface area contributed by atoms with Gasteiger partial charge in [0.1, 0.15) is 11.2 Å². The molecule has 2 aromatic heterocycles. The van der Waals surface area contributed by atoms with Crippen molar-refractivity contribution in [3.63, 3.8) is 0 Å². The van der Waals surface area contributed by atoms with E-state index in [1.807, 2.05) is 0 Å². The number of hydrogen-bond acceptors (Lipinski definition) is 6. The van der Waals surface area contributed by atoms with Gasteiger partial charge in [-0.15, -0.1) is 11.3 Å². The van der Waals surface area contributed by atoms with E-state index >= 15 is 0 Å². The van der Waals surface area contributed by atoms with Crippen molar-refractivity contribution in [2.75, 3.05) is 0 Å². The van der Waals surface area contributed by atoms with Gasteiger partial charge in [-0.3, -0.25) is 19.6 Å². The number of aromatic nitrogens is 3. The summed E-state index contributed by atoms with van der Waals surface area (Å²) in [7, 11) is 1.47. The first-order valence-corrected chi connectivity index (χ1v) is 6.64. The smallest absolute Gasteiger partial charge is 0.320 e. The van der Waals surface area contributed by atoms with E-state index in [4.69, 9.17) is 0 Å². The zero-order chi connectivity index (χ0) is 14.0. The lowest BCUT2D eigenvalue weighted by atomic mass is 10.3. The third-order valence-electron chi connectivity index (χ3n) is 2.26. The van der Waals surface area contributed by atoms with Crippen LogP contribution in [0, 0.1) is 10.1 Å². The van der Waals surface area contributed by atoms with Gasteiger partial charge in [-0.1, -0.05) is 0 Å². The quantitative estimate of drug-likeness (QED) is 0.667. The normalized spacial score (nSPS) is 10.4. The lowest BCUT2D eigenvalue weighted by Gasteiger charge is -2.02. The molecule has 1 N–H and O–H groups in total. The summed E-state index contributed by atoms with van der Waals surface area (Å²) in [4.78, 5) is 26.1. The summed E-state index contributed by atoms with van der Waals surface area (Å²) >= 11 is 4.64. The monoisotopic (exact) mass is 345 g/mol. The van der Waals surface area contributed by atoms with Crippen molar-refractivity contribution in [3.05, 3.63) is 37.0 Å². The van der Waals surface area contributed by atoms with Crippen molar-refractivity contribution < 1.29 is 9.72 Å². The molecule has 0 fully saturated rings. The van der Waals surface area contributed by atoms with Gasteiger partial charge in [-0.05, 0) is 15.9 Å². The molecular weight excluding hydrogens is 338 g/mol. The zero-order valence-electron chi connectivity index (χ0n) is 9.66. The highest BCUT2D eigenvalue weighted by molar-refractivity contribution is 9.11. The van der Waals surface area contributed by atoms with Crippen LogP contribution in [-0.4, -0.2) is 25.6 Å². The van der Waals surface area contributed by atoms with Crippen molar-refractivity contribution in [3.8, 4) is 0 Å². The van der Waals surface area contributed by atoms with E-state index in [0.717, 1.165) is 9.98 Å². The number of carbonyl (C=O) groups excluding carboxylic acids is 1. The number of nitrogens with one attached hydrogen (secondary N) is 1. The molecule has 0 saturated carbocycles. The fraction of sp³-hybridized carbons (Fsp3) is 0.222. The molecule has 2 heterocycles. The standard InChI is InChI=1S/C9H8BrN5O3S/c1-14-8(5(2-13-14)15(17)18)9(16)12-4-7-11-3-6(10)19-7/h2-3H,4H2,1H3,(H,12,16). The van der Waals surface area contributed by atoms with Crippen LogP contribution in [-0.2, 0) is 13.6 Å². The number of aryl methyl sites for hydroxylation is 1. The van der Waals surface area contributed by atoms with Gasteiger partial charge < -0.3 is 5.32 Å². The molecular formula is C9H8BrN5O3S. The van der Waals surface area contributed by atoms with Gasteiger partial charge in [-0.2, -0.15) is 5.10 Å². The highest BCUT2D eigenvalue weighted by Crippen LogP contribution is 2.20. The van der Waals surface area contributed by atoms with Gasteiger partial charge in [0.05, 0.1) is 21.5 Å². The minimum absolute atomic E-state index is 0.0828. The average Bonchev–Trinajstić information content (AvgIpc) is 2.92. The predicted octanol–water partition coefficient (Wildman–Crippen LogP) is 1.48. The largest absolute Gasteiger partial charge is 0.344 e. The number of rotatable bonds is 4. The van der Waals surface area contributed by atoms with E-state index in [1.165, 1.54) is 23.1 Å². The molecule has 0 bridgehead atoms. The lowest BCUT2D eigenvalue weighted by Crippen LogP contribution is -2.25. The van der Waals surface area contributed by atoms with E-state index in [-0.39, 0.29) is 17.9 Å². The first-order valence-electron chi connectivity index (χ1n) is 5.04. The van der Waals surface area contributed by atoms with Crippen molar-refractivity contribution in [1.82, 2.24) is 20.1 Å². The Bertz CT molecular complexity index is 638. The Balaban J connectivity index is 2.12. The van der Waals surface area contributed by atoms with E-state index in [2.05, 4.69) is 31.3 Å². The Labute approximate surface area is 119 Å². The van der Waals surface area contributed by atoms with Crippen LogP contribution in [0.5, 0.6) is 0 Å². The van der Waals surface area contributed by atoms with Crippen molar-refractivity contribution in [2.24, 2.45) is 7.05 Å². The van der Waals surface area contributed by atoms with E-state index < -0.39 is 10.8 Å². The number of halogens is 1. The molecule has 0 aliphatic heterocycles. The van der Waals surface area contributed by atoms with Gasteiger partial charge >= 0.3 is 5.69 Å². The second kappa shape index (κ2) is 5.45. The molecule has 0 aromatic carbocycles. The van der Waals surface area contributed by atoms with Gasteiger partial charge in [0, 0.05) is 7.05 Å². The fourth-order valence-corrected chi connectivity index (χ4v) is 2.68. The molecule has 10 heteroatoms. The van der Waals surface area contributed by atoms with Gasteiger partial charge in [0.2, 0.25) is 5.69 Å². The summed E-state index contributed by atoms with van der Waals surface area (Å²) in [6.45, 7) is 0.206. The number of nitro groups is 1. The van der Waals surface area contributed by atoms with Crippen LogP contribution < -0.4 is 5.32 Å². The Morgan fingerprint density at radius 3 is 2.95 bits per heavy atom. The maximum Gasteiger partial charge on any atom is 0.320 e. The van der Waals surface area contributed by atoms with Crippen LogP contribution in [0.15, 0.2) is 16.2 Å². The molecule has 0 radical (unpaired) electrons.